The molecule has 0 spiro atoms. The average Bonchev–Trinajstić information content (AvgIpc) is 2.24. The van der Waals surface area contributed by atoms with Crippen molar-refractivity contribution in [3.63, 3.8) is 0 Å². The van der Waals surface area contributed by atoms with E-state index in [1.165, 1.54) is 23.9 Å². The number of halogens is 3. The van der Waals surface area contributed by atoms with Gasteiger partial charge in [0, 0.05) is 16.2 Å². The van der Waals surface area contributed by atoms with E-state index >= 15 is 0 Å². The summed E-state index contributed by atoms with van der Waals surface area (Å²) < 4.78 is 11.3. The van der Waals surface area contributed by atoms with Crippen molar-refractivity contribution in [3.8, 4) is 0 Å². The molecule has 0 amide bonds. The van der Waals surface area contributed by atoms with Gasteiger partial charge in [0.1, 0.15) is 0 Å². The van der Waals surface area contributed by atoms with Crippen molar-refractivity contribution in [2.75, 3.05) is 5.75 Å². The quantitative estimate of drug-likeness (QED) is 0.611. The van der Waals surface area contributed by atoms with Crippen LogP contribution in [-0.4, -0.2) is 16.8 Å². The number of benzene rings is 1. The first kappa shape index (κ1) is 16.6. The van der Waals surface area contributed by atoms with Crippen LogP contribution in [-0.2, 0) is 4.59 Å². The van der Waals surface area contributed by atoms with Crippen molar-refractivity contribution in [3.05, 3.63) is 28.8 Å². The minimum atomic E-state index is -2.53. The van der Waals surface area contributed by atoms with Crippen molar-refractivity contribution in [1.82, 2.24) is 0 Å². The second-order valence-corrected chi connectivity index (χ2v) is 6.89. The molecule has 0 fully saturated rings. The zero-order chi connectivity index (χ0) is 14.8. The highest BCUT2D eigenvalue weighted by atomic mass is 35.5. The smallest absolute Gasteiger partial charge is 0.335 e. The van der Waals surface area contributed by atoms with Gasteiger partial charge in [-0.15, -0.1) is 11.8 Å². The monoisotopic (exact) mass is 324 g/mol. The van der Waals surface area contributed by atoms with Gasteiger partial charge in [-0.25, -0.2) is 9.18 Å². The molecule has 1 aromatic rings. The summed E-state index contributed by atoms with van der Waals surface area (Å²) in [5.41, 5.74) is 0.718. The summed E-state index contributed by atoms with van der Waals surface area (Å²) in [6.07, 6.45) is 0. The van der Waals surface area contributed by atoms with E-state index in [9.17, 15) is 9.18 Å². The van der Waals surface area contributed by atoms with Gasteiger partial charge in [0.25, 0.3) is 4.59 Å². The van der Waals surface area contributed by atoms with E-state index in [4.69, 9.17) is 28.3 Å². The summed E-state index contributed by atoms with van der Waals surface area (Å²) >= 11 is 12.4. The van der Waals surface area contributed by atoms with Gasteiger partial charge in [-0.05, 0) is 24.5 Å². The topological polar surface area (TPSA) is 37.3 Å². The van der Waals surface area contributed by atoms with Crippen molar-refractivity contribution in [1.29, 1.82) is 0 Å². The molecule has 0 aromatic heterocycles. The van der Waals surface area contributed by atoms with E-state index in [1.807, 2.05) is 13.8 Å². The Balaban J connectivity index is 3.33. The Morgan fingerprint density at radius 1 is 1.47 bits per heavy atom. The van der Waals surface area contributed by atoms with Gasteiger partial charge in [-0.3, -0.25) is 0 Å². The van der Waals surface area contributed by atoms with Gasteiger partial charge in [-0.2, -0.15) is 0 Å². The summed E-state index contributed by atoms with van der Waals surface area (Å²) in [4.78, 5) is 11.6. The lowest BCUT2D eigenvalue weighted by molar-refractivity contribution is 0.0695. The normalized spacial score (nSPS) is 11.9. The van der Waals surface area contributed by atoms with E-state index in [0.29, 0.717) is 16.4 Å². The number of rotatable bonds is 5. The molecule has 6 heteroatoms. The Kier molecular flexibility index (Phi) is 5.53. The summed E-state index contributed by atoms with van der Waals surface area (Å²) in [5.74, 6) is 0.0512. The average molecular weight is 325 g/mol. The second kappa shape index (κ2) is 6.33. The Morgan fingerprint density at radius 3 is 2.47 bits per heavy atom. The molecule has 0 bridgehead atoms. The highest BCUT2D eigenvalue weighted by molar-refractivity contribution is 7.99. The van der Waals surface area contributed by atoms with Crippen molar-refractivity contribution in [2.24, 2.45) is 5.92 Å². The fourth-order valence-electron chi connectivity index (χ4n) is 1.58. The third-order valence-electron chi connectivity index (χ3n) is 2.50. The molecule has 0 aliphatic rings. The Labute approximate surface area is 126 Å². The first-order valence-electron chi connectivity index (χ1n) is 5.71. The molecule has 1 rings (SSSR count). The van der Waals surface area contributed by atoms with Crippen LogP contribution in [0.25, 0.3) is 0 Å². The maximum Gasteiger partial charge on any atom is 0.335 e. The summed E-state index contributed by atoms with van der Waals surface area (Å²) in [6, 6.07) is 2.66. The summed E-state index contributed by atoms with van der Waals surface area (Å²) in [6.45, 7) is 5.68. The van der Waals surface area contributed by atoms with E-state index in [1.54, 1.807) is 6.92 Å². The lowest BCUT2D eigenvalue weighted by Crippen LogP contribution is -2.10. The SMILES string of the molecule is Cc1c(C(=O)O)ccc(C(F)(Cl)Cl)c1SCC(C)C. The lowest BCUT2D eigenvalue weighted by Gasteiger charge is -2.19. The van der Waals surface area contributed by atoms with Gasteiger partial charge in [0.05, 0.1) is 5.56 Å². The predicted molar refractivity (Wildman–Crippen MR) is 78.2 cm³/mol. The Hall–Kier alpha value is -0.450. The lowest BCUT2D eigenvalue weighted by atomic mass is 10.1. The molecule has 0 saturated heterocycles. The van der Waals surface area contributed by atoms with E-state index in [0.717, 1.165) is 5.75 Å². The Morgan fingerprint density at radius 2 is 2.05 bits per heavy atom. The number of alkyl halides is 3. The molecule has 1 aromatic carbocycles. The van der Waals surface area contributed by atoms with Crippen LogP contribution in [0.5, 0.6) is 0 Å². The van der Waals surface area contributed by atoms with E-state index in [2.05, 4.69) is 0 Å². The van der Waals surface area contributed by atoms with Crippen LogP contribution >= 0.6 is 35.0 Å². The predicted octanol–water partition coefficient (Wildman–Crippen LogP) is 5.00. The molecule has 0 heterocycles. The van der Waals surface area contributed by atoms with Crippen LogP contribution in [0.4, 0.5) is 4.39 Å². The molecule has 0 unspecified atom stereocenters. The molecule has 106 valence electrons. The van der Waals surface area contributed by atoms with Crippen LogP contribution in [0.3, 0.4) is 0 Å². The largest absolute Gasteiger partial charge is 0.478 e. The van der Waals surface area contributed by atoms with Crippen molar-refractivity contribution in [2.45, 2.75) is 30.3 Å². The van der Waals surface area contributed by atoms with Gasteiger partial charge >= 0.3 is 5.97 Å². The number of carbonyl (C=O) groups is 1. The van der Waals surface area contributed by atoms with Crippen LogP contribution in [0.1, 0.15) is 35.3 Å². The Bertz CT molecular complexity index is 484. The van der Waals surface area contributed by atoms with Crippen LogP contribution in [0, 0.1) is 12.8 Å². The number of carboxylic acids is 1. The zero-order valence-corrected chi connectivity index (χ0v) is 13.2. The third-order valence-corrected chi connectivity index (χ3v) is 4.56. The number of hydrogen-bond donors (Lipinski definition) is 1. The minimum Gasteiger partial charge on any atom is -0.478 e. The fraction of sp³-hybridized carbons (Fsp3) is 0.462. The number of thioether (sulfide) groups is 1. The highest BCUT2D eigenvalue weighted by Crippen LogP contribution is 2.43. The fourth-order valence-corrected chi connectivity index (χ4v) is 3.20. The van der Waals surface area contributed by atoms with Gasteiger partial charge in [0.15, 0.2) is 0 Å². The highest BCUT2D eigenvalue weighted by Gasteiger charge is 2.30. The third kappa shape index (κ3) is 4.26. The summed E-state index contributed by atoms with van der Waals surface area (Å²) in [7, 11) is 0. The molecule has 2 nitrogen and oxygen atoms in total. The molecule has 0 aliphatic heterocycles. The number of aromatic carboxylic acids is 1. The minimum absolute atomic E-state index is 0.101. The van der Waals surface area contributed by atoms with Gasteiger partial charge in [-0.1, -0.05) is 43.1 Å². The first-order chi connectivity index (χ1) is 8.64. The van der Waals surface area contributed by atoms with Crippen LogP contribution < -0.4 is 0 Å². The standard InChI is InChI=1S/C13H15Cl2FO2S/c1-7(2)6-19-11-8(3)9(12(17)18)4-5-10(11)13(14,15)16/h4-5,7H,6H2,1-3H3,(H,17,18). The summed E-state index contributed by atoms with van der Waals surface area (Å²) in [5, 5.41) is 9.09. The molecule has 1 N–H and O–H groups in total. The number of carboxylic acid groups (broad SMARTS) is 1. The van der Waals surface area contributed by atoms with Crippen LogP contribution in [0.2, 0.25) is 0 Å². The van der Waals surface area contributed by atoms with Crippen molar-refractivity contribution >= 4 is 40.9 Å². The molecule has 0 aliphatic carbocycles. The maximum atomic E-state index is 13.8. The first-order valence-corrected chi connectivity index (χ1v) is 7.45. The number of hydrogen-bond acceptors (Lipinski definition) is 2. The maximum absolute atomic E-state index is 13.8. The molecule has 0 saturated carbocycles. The molecule has 0 radical (unpaired) electrons. The van der Waals surface area contributed by atoms with E-state index in [-0.39, 0.29) is 11.1 Å². The molecule has 19 heavy (non-hydrogen) atoms. The molecular formula is C13H15Cl2FO2S. The zero-order valence-electron chi connectivity index (χ0n) is 10.8. The van der Waals surface area contributed by atoms with Crippen molar-refractivity contribution < 1.29 is 14.3 Å². The second-order valence-electron chi connectivity index (χ2n) is 4.62. The van der Waals surface area contributed by atoms with Gasteiger partial charge in [0.2, 0.25) is 0 Å². The van der Waals surface area contributed by atoms with E-state index < -0.39 is 10.6 Å². The van der Waals surface area contributed by atoms with Gasteiger partial charge < -0.3 is 5.11 Å². The van der Waals surface area contributed by atoms with Crippen LogP contribution in [0.15, 0.2) is 17.0 Å². The molecule has 0 atom stereocenters. The molecular weight excluding hydrogens is 310 g/mol.